The third kappa shape index (κ3) is 4.48. The third-order valence-corrected chi connectivity index (χ3v) is 4.31. The predicted octanol–water partition coefficient (Wildman–Crippen LogP) is 3.78. The van der Waals surface area contributed by atoms with E-state index in [4.69, 9.17) is 4.74 Å². The molecule has 3 rings (SSSR count). The highest BCUT2D eigenvalue weighted by Crippen LogP contribution is 2.30. The maximum Gasteiger partial charge on any atom is 0.142 e. The summed E-state index contributed by atoms with van der Waals surface area (Å²) in [5.41, 5.74) is 3.53. The van der Waals surface area contributed by atoms with Crippen LogP contribution in [0.2, 0.25) is 0 Å². The van der Waals surface area contributed by atoms with Crippen molar-refractivity contribution in [2.75, 3.05) is 18.4 Å². The Bertz CT molecular complexity index is 672. The molecule has 128 valence electrons. The van der Waals surface area contributed by atoms with Crippen molar-refractivity contribution in [2.24, 2.45) is 0 Å². The summed E-state index contributed by atoms with van der Waals surface area (Å²) in [6.45, 7) is 5.99. The lowest BCUT2D eigenvalue weighted by atomic mass is 10.0. The van der Waals surface area contributed by atoms with Gasteiger partial charge in [0.15, 0.2) is 0 Å². The lowest BCUT2D eigenvalue weighted by molar-refractivity contribution is 0.226. The molecule has 0 saturated heterocycles. The summed E-state index contributed by atoms with van der Waals surface area (Å²) in [6.07, 6.45) is 2.09. The minimum absolute atomic E-state index is 0.181. The molecule has 0 spiro atoms. The van der Waals surface area contributed by atoms with E-state index in [1.165, 1.54) is 17.7 Å². The molecule has 1 aliphatic heterocycles. The number of nitrogens with one attached hydrogen (secondary N) is 2. The van der Waals surface area contributed by atoms with Gasteiger partial charge in [-0.15, -0.1) is 0 Å². The SMILES string of the molecule is CC(Cc1ccc2c(c1)NCC(C)O2)NCCc1ccc(F)cc1. The number of ether oxygens (including phenoxy) is 1. The van der Waals surface area contributed by atoms with Crippen molar-refractivity contribution in [1.29, 1.82) is 0 Å². The van der Waals surface area contributed by atoms with Gasteiger partial charge in [-0.1, -0.05) is 18.2 Å². The van der Waals surface area contributed by atoms with Crippen LogP contribution in [-0.4, -0.2) is 25.2 Å². The van der Waals surface area contributed by atoms with Crippen LogP contribution in [-0.2, 0) is 12.8 Å². The summed E-state index contributed by atoms with van der Waals surface area (Å²) < 4.78 is 18.7. The second-order valence-electron chi connectivity index (χ2n) is 6.58. The highest BCUT2D eigenvalue weighted by molar-refractivity contribution is 5.59. The Morgan fingerprint density at radius 2 is 1.96 bits per heavy atom. The highest BCUT2D eigenvalue weighted by Gasteiger charge is 2.15. The molecule has 1 heterocycles. The molecule has 2 aromatic rings. The predicted molar refractivity (Wildman–Crippen MR) is 96.3 cm³/mol. The number of fused-ring (bicyclic) bond motifs is 1. The number of benzene rings is 2. The summed E-state index contributed by atoms with van der Waals surface area (Å²) in [4.78, 5) is 0. The van der Waals surface area contributed by atoms with Crippen molar-refractivity contribution in [1.82, 2.24) is 5.32 Å². The van der Waals surface area contributed by atoms with Crippen molar-refractivity contribution in [3.8, 4) is 5.75 Å². The second kappa shape index (κ2) is 7.67. The fraction of sp³-hybridized carbons (Fsp3) is 0.400. The van der Waals surface area contributed by atoms with Crippen LogP contribution >= 0.6 is 0 Å². The van der Waals surface area contributed by atoms with Gasteiger partial charge in [0.2, 0.25) is 0 Å². The first-order valence-electron chi connectivity index (χ1n) is 8.61. The van der Waals surface area contributed by atoms with Crippen LogP contribution < -0.4 is 15.4 Å². The maximum absolute atomic E-state index is 12.9. The van der Waals surface area contributed by atoms with Gasteiger partial charge < -0.3 is 15.4 Å². The molecule has 0 aromatic heterocycles. The van der Waals surface area contributed by atoms with E-state index in [-0.39, 0.29) is 11.9 Å². The molecular weight excluding hydrogens is 303 g/mol. The average molecular weight is 328 g/mol. The van der Waals surface area contributed by atoms with Gasteiger partial charge in [0.05, 0.1) is 12.2 Å². The van der Waals surface area contributed by atoms with Crippen LogP contribution in [0.3, 0.4) is 0 Å². The van der Waals surface area contributed by atoms with Crippen LogP contribution in [0.1, 0.15) is 25.0 Å². The average Bonchev–Trinajstić information content (AvgIpc) is 2.57. The zero-order valence-electron chi connectivity index (χ0n) is 14.3. The summed E-state index contributed by atoms with van der Waals surface area (Å²) in [7, 11) is 0. The molecule has 4 heteroatoms. The molecule has 0 radical (unpaired) electrons. The number of rotatable bonds is 6. The van der Waals surface area contributed by atoms with Gasteiger partial charge in [-0.2, -0.15) is 0 Å². The van der Waals surface area contributed by atoms with Crippen molar-refractivity contribution >= 4 is 5.69 Å². The number of anilines is 1. The minimum atomic E-state index is -0.181. The smallest absolute Gasteiger partial charge is 0.142 e. The number of hydrogen-bond acceptors (Lipinski definition) is 3. The molecule has 24 heavy (non-hydrogen) atoms. The molecule has 1 aliphatic rings. The Kier molecular flexibility index (Phi) is 5.36. The topological polar surface area (TPSA) is 33.3 Å². The zero-order chi connectivity index (χ0) is 16.9. The molecule has 0 fully saturated rings. The molecular formula is C20H25FN2O. The van der Waals surface area contributed by atoms with E-state index in [0.717, 1.165) is 42.9 Å². The first-order valence-corrected chi connectivity index (χ1v) is 8.61. The van der Waals surface area contributed by atoms with Gasteiger partial charge in [-0.3, -0.25) is 0 Å². The Morgan fingerprint density at radius 1 is 1.21 bits per heavy atom. The lowest BCUT2D eigenvalue weighted by Crippen LogP contribution is -2.30. The quantitative estimate of drug-likeness (QED) is 0.846. The fourth-order valence-electron chi connectivity index (χ4n) is 3.00. The van der Waals surface area contributed by atoms with Crippen LogP contribution in [0.25, 0.3) is 0 Å². The lowest BCUT2D eigenvalue weighted by Gasteiger charge is -2.25. The maximum atomic E-state index is 12.9. The largest absolute Gasteiger partial charge is 0.487 e. The molecule has 0 aliphatic carbocycles. The van der Waals surface area contributed by atoms with Gasteiger partial charge >= 0.3 is 0 Å². The van der Waals surface area contributed by atoms with Crippen molar-refractivity contribution < 1.29 is 9.13 Å². The van der Waals surface area contributed by atoms with Crippen LogP contribution in [0.15, 0.2) is 42.5 Å². The molecule has 3 nitrogen and oxygen atoms in total. The summed E-state index contributed by atoms with van der Waals surface area (Å²) >= 11 is 0. The molecule has 0 bridgehead atoms. The second-order valence-corrected chi connectivity index (χ2v) is 6.58. The first kappa shape index (κ1) is 16.8. The van der Waals surface area contributed by atoms with Crippen LogP contribution in [0.5, 0.6) is 5.75 Å². The van der Waals surface area contributed by atoms with Crippen LogP contribution in [0.4, 0.5) is 10.1 Å². The highest BCUT2D eigenvalue weighted by atomic mass is 19.1. The molecule has 0 saturated carbocycles. The van der Waals surface area contributed by atoms with Gasteiger partial charge in [0.1, 0.15) is 17.7 Å². The molecule has 2 aromatic carbocycles. The van der Waals surface area contributed by atoms with Crippen molar-refractivity contribution in [3.63, 3.8) is 0 Å². The van der Waals surface area contributed by atoms with Crippen LogP contribution in [0, 0.1) is 5.82 Å². The molecule has 2 N–H and O–H groups in total. The third-order valence-electron chi connectivity index (χ3n) is 4.31. The van der Waals surface area contributed by atoms with E-state index in [1.807, 2.05) is 12.1 Å². The van der Waals surface area contributed by atoms with Gasteiger partial charge in [0, 0.05) is 6.04 Å². The van der Waals surface area contributed by atoms with Gasteiger partial charge in [-0.25, -0.2) is 4.39 Å². The Hall–Kier alpha value is -2.07. The van der Waals surface area contributed by atoms with E-state index < -0.39 is 0 Å². The summed E-state index contributed by atoms with van der Waals surface area (Å²) in [6, 6.07) is 13.5. The Balaban J connectivity index is 1.48. The van der Waals surface area contributed by atoms with E-state index in [2.05, 4.69) is 42.7 Å². The number of hydrogen-bond donors (Lipinski definition) is 2. The fourth-order valence-corrected chi connectivity index (χ4v) is 3.00. The molecule has 2 unspecified atom stereocenters. The Morgan fingerprint density at radius 3 is 2.75 bits per heavy atom. The first-order chi connectivity index (χ1) is 11.6. The molecule has 0 amide bonds. The normalized spacial score (nSPS) is 17.5. The summed E-state index contributed by atoms with van der Waals surface area (Å²) in [5, 5.41) is 6.96. The van der Waals surface area contributed by atoms with Crippen molar-refractivity contribution in [3.05, 3.63) is 59.4 Å². The van der Waals surface area contributed by atoms with Crippen molar-refractivity contribution in [2.45, 2.75) is 38.8 Å². The molecule has 2 atom stereocenters. The monoisotopic (exact) mass is 328 g/mol. The Labute approximate surface area is 143 Å². The van der Waals surface area contributed by atoms with Gasteiger partial charge in [-0.05, 0) is 68.6 Å². The van der Waals surface area contributed by atoms with Gasteiger partial charge in [0.25, 0.3) is 0 Å². The zero-order valence-corrected chi connectivity index (χ0v) is 14.3. The summed E-state index contributed by atoms with van der Waals surface area (Å²) in [5.74, 6) is 0.758. The standard InChI is InChI=1S/C20H25FN2O/c1-14(22-10-9-16-3-6-18(21)7-4-16)11-17-5-8-20-19(12-17)23-13-15(2)24-20/h3-8,12,14-15,22-23H,9-11,13H2,1-2H3. The van der Waals surface area contributed by atoms with E-state index in [0.29, 0.717) is 6.04 Å². The van der Waals surface area contributed by atoms with E-state index >= 15 is 0 Å². The van der Waals surface area contributed by atoms with E-state index in [9.17, 15) is 4.39 Å². The minimum Gasteiger partial charge on any atom is -0.487 e. The van der Waals surface area contributed by atoms with E-state index in [1.54, 1.807) is 0 Å². The number of halogens is 1.